The molecule has 0 saturated carbocycles. The van der Waals surface area contributed by atoms with Gasteiger partial charge in [-0.15, -0.1) is 0 Å². The number of rotatable bonds is 7. The Kier molecular flexibility index (Phi) is 6.52. The van der Waals surface area contributed by atoms with Crippen LogP contribution < -0.4 is 0 Å². The van der Waals surface area contributed by atoms with Gasteiger partial charge in [0.25, 0.3) is 0 Å². The second-order valence-electron chi connectivity index (χ2n) is 4.68. The van der Waals surface area contributed by atoms with Crippen molar-refractivity contribution in [2.45, 2.75) is 45.6 Å². The van der Waals surface area contributed by atoms with Gasteiger partial charge in [-0.05, 0) is 46.2 Å². The average Bonchev–Trinajstić information content (AvgIpc) is 2.78. The molecule has 0 spiro atoms. The van der Waals surface area contributed by atoms with E-state index in [0.29, 0.717) is 12.5 Å². The number of aliphatic hydroxyl groups excluding tert-OH is 1. The minimum atomic E-state index is 0.254. The first kappa shape index (κ1) is 14.5. The fraction of sp³-hybridized carbons (Fsp3) is 0.923. The Morgan fingerprint density at radius 1 is 1.41 bits per heavy atom. The van der Waals surface area contributed by atoms with E-state index >= 15 is 0 Å². The van der Waals surface area contributed by atoms with E-state index in [4.69, 9.17) is 0 Å². The Morgan fingerprint density at radius 3 is 2.71 bits per heavy atom. The zero-order chi connectivity index (χ0) is 12.7. The summed E-state index contributed by atoms with van der Waals surface area (Å²) in [7, 11) is 0. The van der Waals surface area contributed by atoms with Crippen molar-refractivity contribution in [1.29, 1.82) is 0 Å². The number of likely N-dealkylation sites (tertiary alicyclic amines) is 1. The van der Waals surface area contributed by atoms with Crippen molar-refractivity contribution in [2.75, 3.05) is 32.8 Å². The van der Waals surface area contributed by atoms with Gasteiger partial charge in [0.1, 0.15) is 0 Å². The van der Waals surface area contributed by atoms with Crippen molar-refractivity contribution < 1.29 is 9.90 Å². The standard InChI is InChI=1S/C13H26N2O2/c1-3-14(4-2)13(17)8-6-10-15-9-5-7-12(15)11-16/h12,16H,3-11H2,1-2H3/t12-/m0/s1. The van der Waals surface area contributed by atoms with E-state index < -0.39 is 0 Å². The summed E-state index contributed by atoms with van der Waals surface area (Å²) in [5.74, 6) is 0.259. The van der Waals surface area contributed by atoms with Gasteiger partial charge < -0.3 is 10.0 Å². The molecule has 1 rings (SSSR count). The van der Waals surface area contributed by atoms with Crippen LogP contribution in [-0.2, 0) is 4.79 Å². The van der Waals surface area contributed by atoms with Crippen molar-refractivity contribution >= 4 is 5.91 Å². The third-order valence-corrected chi connectivity index (χ3v) is 3.66. The monoisotopic (exact) mass is 242 g/mol. The van der Waals surface area contributed by atoms with Crippen LogP contribution in [0.5, 0.6) is 0 Å². The Labute approximate surface area is 105 Å². The number of hydrogen-bond donors (Lipinski definition) is 1. The first-order valence-corrected chi connectivity index (χ1v) is 6.85. The zero-order valence-electron chi connectivity index (χ0n) is 11.2. The first-order valence-electron chi connectivity index (χ1n) is 6.85. The Morgan fingerprint density at radius 2 is 2.12 bits per heavy atom. The number of nitrogens with zero attached hydrogens (tertiary/aromatic N) is 2. The van der Waals surface area contributed by atoms with Gasteiger partial charge in [-0.2, -0.15) is 0 Å². The third kappa shape index (κ3) is 4.28. The molecule has 1 amide bonds. The summed E-state index contributed by atoms with van der Waals surface area (Å²) < 4.78 is 0. The maximum atomic E-state index is 11.8. The lowest BCUT2D eigenvalue weighted by molar-refractivity contribution is -0.131. The van der Waals surface area contributed by atoms with E-state index in [1.165, 1.54) is 6.42 Å². The van der Waals surface area contributed by atoms with E-state index in [-0.39, 0.29) is 12.5 Å². The lowest BCUT2D eigenvalue weighted by Gasteiger charge is -2.23. The van der Waals surface area contributed by atoms with Gasteiger partial charge in [0.15, 0.2) is 0 Å². The van der Waals surface area contributed by atoms with Gasteiger partial charge in [-0.1, -0.05) is 0 Å². The highest BCUT2D eigenvalue weighted by molar-refractivity contribution is 5.76. The van der Waals surface area contributed by atoms with Crippen LogP contribution in [0.25, 0.3) is 0 Å². The van der Waals surface area contributed by atoms with Crippen LogP contribution in [0.15, 0.2) is 0 Å². The van der Waals surface area contributed by atoms with Gasteiger partial charge in [0.2, 0.25) is 5.91 Å². The van der Waals surface area contributed by atoms with E-state index in [1.54, 1.807) is 0 Å². The molecule has 4 nitrogen and oxygen atoms in total. The molecule has 1 N–H and O–H groups in total. The molecular formula is C13H26N2O2. The van der Waals surface area contributed by atoms with Crippen LogP contribution >= 0.6 is 0 Å². The highest BCUT2D eigenvalue weighted by Gasteiger charge is 2.23. The molecule has 0 radical (unpaired) electrons. The van der Waals surface area contributed by atoms with Gasteiger partial charge in [-0.25, -0.2) is 0 Å². The molecule has 0 aromatic carbocycles. The summed E-state index contributed by atoms with van der Waals surface area (Å²) in [6.07, 6.45) is 3.82. The number of hydrogen-bond acceptors (Lipinski definition) is 3. The van der Waals surface area contributed by atoms with Crippen molar-refractivity contribution in [2.24, 2.45) is 0 Å². The van der Waals surface area contributed by atoms with Crippen LogP contribution in [0.2, 0.25) is 0 Å². The van der Waals surface area contributed by atoms with Gasteiger partial charge in [0.05, 0.1) is 6.61 Å². The van der Waals surface area contributed by atoms with E-state index in [9.17, 15) is 9.90 Å². The minimum absolute atomic E-state index is 0.254. The SMILES string of the molecule is CCN(CC)C(=O)CCCN1CCC[C@H]1CO. The summed E-state index contributed by atoms with van der Waals surface area (Å²) in [4.78, 5) is 16.0. The minimum Gasteiger partial charge on any atom is -0.395 e. The van der Waals surface area contributed by atoms with E-state index in [2.05, 4.69) is 4.90 Å². The molecule has 17 heavy (non-hydrogen) atoms. The van der Waals surface area contributed by atoms with Crippen molar-refractivity contribution in [1.82, 2.24) is 9.80 Å². The summed E-state index contributed by atoms with van der Waals surface area (Å²) in [6.45, 7) is 7.91. The molecule has 1 fully saturated rings. The molecule has 1 aliphatic heterocycles. The van der Waals surface area contributed by atoms with Crippen LogP contribution in [0.3, 0.4) is 0 Å². The summed E-state index contributed by atoms with van der Waals surface area (Å²) in [5.41, 5.74) is 0. The highest BCUT2D eigenvalue weighted by atomic mass is 16.3. The molecule has 0 bridgehead atoms. The molecule has 1 aliphatic rings. The fourth-order valence-electron chi connectivity index (χ4n) is 2.56. The Balaban J connectivity index is 2.20. The van der Waals surface area contributed by atoms with Crippen molar-refractivity contribution in [3.8, 4) is 0 Å². The Bertz CT molecular complexity index is 229. The predicted molar refractivity (Wildman–Crippen MR) is 68.8 cm³/mol. The zero-order valence-corrected chi connectivity index (χ0v) is 11.2. The van der Waals surface area contributed by atoms with Crippen LogP contribution in [-0.4, -0.2) is 59.6 Å². The third-order valence-electron chi connectivity index (χ3n) is 3.66. The van der Waals surface area contributed by atoms with E-state index in [0.717, 1.165) is 39.0 Å². The lowest BCUT2D eigenvalue weighted by Crippen LogP contribution is -2.34. The molecule has 0 aromatic rings. The molecular weight excluding hydrogens is 216 g/mol. The molecule has 1 heterocycles. The maximum Gasteiger partial charge on any atom is 0.222 e. The highest BCUT2D eigenvalue weighted by Crippen LogP contribution is 2.17. The number of aliphatic hydroxyl groups is 1. The van der Waals surface area contributed by atoms with E-state index in [1.807, 2.05) is 18.7 Å². The molecule has 4 heteroatoms. The molecule has 0 aliphatic carbocycles. The first-order chi connectivity index (χ1) is 8.22. The van der Waals surface area contributed by atoms with Crippen molar-refractivity contribution in [3.05, 3.63) is 0 Å². The second kappa shape index (κ2) is 7.67. The quantitative estimate of drug-likeness (QED) is 0.727. The molecule has 0 unspecified atom stereocenters. The second-order valence-corrected chi connectivity index (χ2v) is 4.68. The van der Waals surface area contributed by atoms with Gasteiger partial charge in [0, 0.05) is 25.6 Å². The Hall–Kier alpha value is -0.610. The maximum absolute atomic E-state index is 11.8. The lowest BCUT2D eigenvalue weighted by atomic mass is 10.2. The molecule has 1 atom stereocenters. The predicted octanol–water partition coefficient (Wildman–Crippen LogP) is 1.09. The van der Waals surface area contributed by atoms with Crippen LogP contribution in [0, 0.1) is 0 Å². The largest absolute Gasteiger partial charge is 0.395 e. The number of carbonyl (C=O) groups is 1. The average molecular weight is 242 g/mol. The van der Waals surface area contributed by atoms with Crippen molar-refractivity contribution in [3.63, 3.8) is 0 Å². The fourth-order valence-corrected chi connectivity index (χ4v) is 2.56. The van der Waals surface area contributed by atoms with Crippen LogP contribution in [0.4, 0.5) is 0 Å². The van der Waals surface area contributed by atoms with Gasteiger partial charge in [-0.3, -0.25) is 9.69 Å². The molecule has 1 saturated heterocycles. The number of carbonyl (C=O) groups excluding carboxylic acids is 1. The summed E-state index contributed by atoms with van der Waals surface area (Å²) in [5, 5.41) is 9.19. The molecule has 0 aromatic heterocycles. The van der Waals surface area contributed by atoms with Crippen LogP contribution in [0.1, 0.15) is 39.5 Å². The normalized spacial score (nSPS) is 20.8. The molecule has 100 valence electrons. The summed E-state index contributed by atoms with van der Waals surface area (Å²) in [6, 6.07) is 0.332. The summed E-state index contributed by atoms with van der Waals surface area (Å²) >= 11 is 0. The van der Waals surface area contributed by atoms with Gasteiger partial charge >= 0.3 is 0 Å². The number of amides is 1. The smallest absolute Gasteiger partial charge is 0.222 e. The topological polar surface area (TPSA) is 43.8 Å².